The number of rotatable bonds is 6. The van der Waals surface area contributed by atoms with Crippen LogP contribution in [0.15, 0.2) is 30.3 Å². The van der Waals surface area contributed by atoms with Crippen molar-refractivity contribution in [1.82, 2.24) is 4.90 Å². The molecule has 1 heterocycles. The quantitative estimate of drug-likeness (QED) is 0.428. The van der Waals surface area contributed by atoms with Crippen LogP contribution >= 0.6 is 0 Å². The van der Waals surface area contributed by atoms with Crippen LogP contribution in [0.5, 0.6) is 0 Å². The predicted molar refractivity (Wildman–Crippen MR) is 110 cm³/mol. The van der Waals surface area contributed by atoms with E-state index in [2.05, 4.69) is 0 Å². The maximum Gasteiger partial charge on any atom is 0.410 e. The van der Waals surface area contributed by atoms with Gasteiger partial charge in [-0.1, -0.05) is 30.3 Å². The summed E-state index contributed by atoms with van der Waals surface area (Å²) in [4.78, 5) is 39.2. The molecule has 2 unspecified atom stereocenters. The lowest BCUT2D eigenvalue weighted by Gasteiger charge is -2.36. The SMILES string of the molecule is COC(=O)C(N)(CC1CCCN(C(=O)OC(C)(C)C)C1)C(=O)OCc1ccccc1. The maximum atomic E-state index is 12.8. The van der Waals surface area contributed by atoms with Gasteiger partial charge in [-0.2, -0.15) is 0 Å². The number of methoxy groups -OCH3 is 1. The van der Waals surface area contributed by atoms with E-state index < -0.39 is 29.2 Å². The Kier molecular flexibility index (Phi) is 7.83. The average molecular weight is 421 g/mol. The number of piperidine rings is 1. The van der Waals surface area contributed by atoms with Crippen molar-refractivity contribution in [2.75, 3.05) is 20.2 Å². The number of ether oxygens (including phenoxy) is 3. The Morgan fingerprint density at radius 2 is 1.80 bits per heavy atom. The zero-order valence-electron chi connectivity index (χ0n) is 18.2. The first-order chi connectivity index (χ1) is 14.0. The highest BCUT2D eigenvalue weighted by Crippen LogP contribution is 2.27. The van der Waals surface area contributed by atoms with Crippen LogP contribution in [0.4, 0.5) is 4.79 Å². The van der Waals surface area contributed by atoms with Gasteiger partial charge in [-0.15, -0.1) is 0 Å². The Bertz CT molecular complexity index is 746. The van der Waals surface area contributed by atoms with E-state index in [0.717, 1.165) is 18.4 Å². The average Bonchev–Trinajstić information content (AvgIpc) is 2.70. The van der Waals surface area contributed by atoms with Gasteiger partial charge in [0.15, 0.2) is 0 Å². The van der Waals surface area contributed by atoms with Crippen molar-refractivity contribution < 1.29 is 28.6 Å². The second-order valence-electron chi connectivity index (χ2n) is 8.66. The Morgan fingerprint density at radius 1 is 1.13 bits per heavy atom. The molecular weight excluding hydrogens is 388 g/mol. The molecule has 2 atom stereocenters. The minimum Gasteiger partial charge on any atom is -0.467 e. The first-order valence-electron chi connectivity index (χ1n) is 10.1. The molecule has 8 heteroatoms. The van der Waals surface area contributed by atoms with E-state index in [-0.39, 0.29) is 18.9 Å². The molecule has 166 valence electrons. The molecule has 1 aliphatic rings. The van der Waals surface area contributed by atoms with Crippen molar-refractivity contribution in [3.63, 3.8) is 0 Å². The summed E-state index contributed by atoms with van der Waals surface area (Å²) >= 11 is 0. The predicted octanol–water partition coefficient (Wildman–Crippen LogP) is 2.64. The fraction of sp³-hybridized carbons (Fsp3) is 0.591. The fourth-order valence-electron chi connectivity index (χ4n) is 3.46. The Labute approximate surface area is 177 Å². The zero-order chi connectivity index (χ0) is 22.4. The van der Waals surface area contributed by atoms with Crippen molar-refractivity contribution in [1.29, 1.82) is 0 Å². The standard InChI is InChI=1S/C22H32N2O6/c1-21(2,3)30-20(27)24-12-8-11-17(14-24)13-22(23,18(25)28-4)19(26)29-15-16-9-6-5-7-10-16/h5-7,9-10,17H,8,11-15,23H2,1-4H3. The van der Waals surface area contributed by atoms with Crippen molar-refractivity contribution in [3.8, 4) is 0 Å². The number of likely N-dealkylation sites (tertiary alicyclic amines) is 1. The van der Waals surface area contributed by atoms with Gasteiger partial charge < -0.3 is 24.8 Å². The monoisotopic (exact) mass is 420 g/mol. The third kappa shape index (κ3) is 6.45. The minimum absolute atomic E-state index is 0.00428. The van der Waals surface area contributed by atoms with Crippen LogP contribution in [0.2, 0.25) is 0 Å². The molecular formula is C22H32N2O6. The van der Waals surface area contributed by atoms with E-state index in [0.29, 0.717) is 13.1 Å². The molecule has 1 saturated heterocycles. The van der Waals surface area contributed by atoms with Crippen LogP contribution in [0.25, 0.3) is 0 Å². The topological polar surface area (TPSA) is 108 Å². The van der Waals surface area contributed by atoms with Crippen LogP contribution in [-0.4, -0.2) is 54.3 Å². The number of nitrogens with two attached hydrogens (primary N) is 1. The Balaban J connectivity index is 2.06. The normalized spacial score (nSPS) is 18.8. The number of nitrogens with zero attached hydrogens (tertiary/aromatic N) is 1. The largest absolute Gasteiger partial charge is 0.467 e. The van der Waals surface area contributed by atoms with Crippen LogP contribution < -0.4 is 5.73 Å². The molecule has 0 bridgehead atoms. The molecule has 0 radical (unpaired) electrons. The molecule has 8 nitrogen and oxygen atoms in total. The minimum atomic E-state index is -1.94. The molecule has 1 aromatic carbocycles. The first kappa shape index (κ1) is 23.7. The van der Waals surface area contributed by atoms with Gasteiger partial charge in [0.1, 0.15) is 12.2 Å². The highest BCUT2D eigenvalue weighted by molar-refractivity contribution is 6.04. The van der Waals surface area contributed by atoms with Gasteiger partial charge in [0.2, 0.25) is 5.54 Å². The molecule has 0 aliphatic carbocycles. The molecule has 1 amide bonds. The zero-order valence-corrected chi connectivity index (χ0v) is 18.2. The molecule has 0 spiro atoms. The van der Waals surface area contributed by atoms with Crippen molar-refractivity contribution in [3.05, 3.63) is 35.9 Å². The van der Waals surface area contributed by atoms with Crippen LogP contribution in [0, 0.1) is 5.92 Å². The summed E-state index contributed by atoms with van der Waals surface area (Å²) < 4.78 is 15.6. The second-order valence-corrected chi connectivity index (χ2v) is 8.66. The molecule has 1 aromatic rings. The van der Waals surface area contributed by atoms with Gasteiger partial charge in [0, 0.05) is 13.1 Å². The lowest BCUT2D eigenvalue weighted by Crippen LogP contribution is -2.58. The van der Waals surface area contributed by atoms with Crippen molar-refractivity contribution in [2.45, 2.75) is 57.8 Å². The van der Waals surface area contributed by atoms with Crippen LogP contribution in [-0.2, 0) is 30.4 Å². The number of esters is 2. The summed E-state index contributed by atoms with van der Waals surface area (Å²) in [5.74, 6) is -1.86. The van der Waals surface area contributed by atoms with Gasteiger partial charge in [0.05, 0.1) is 7.11 Å². The second kappa shape index (κ2) is 9.93. The van der Waals surface area contributed by atoms with Gasteiger partial charge in [0.25, 0.3) is 0 Å². The summed E-state index contributed by atoms with van der Waals surface area (Å²) in [6.45, 7) is 6.31. The summed E-state index contributed by atoms with van der Waals surface area (Å²) in [5, 5.41) is 0. The highest BCUT2D eigenvalue weighted by Gasteiger charge is 2.47. The molecule has 2 N–H and O–H groups in total. The van der Waals surface area contributed by atoms with Gasteiger partial charge in [-0.05, 0) is 51.5 Å². The first-order valence-corrected chi connectivity index (χ1v) is 10.1. The van der Waals surface area contributed by atoms with Gasteiger partial charge in [-0.3, -0.25) is 0 Å². The van der Waals surface area contributed by atoms with Crippen LogP contribution in [0.3, 0.4) is 0 Å². The van der Waals surface area contributed by atoms with Gasteiger partial charge in [-0.25, -0.2) is 14.4 Å². The fourth-order valence-corrected chi connectivity index (χ4v) is 3.46. The van der Waals surface area contributed by atoms with E-state index in [1.807, 2.05) is 30.3 Å². The maximum absolute atomic E-state index is 12.8. The molecule has 0 aromatic heterocycles. The summed E-state index contributed by atoms with van der Waals surface area (Å²) in [6, 6.07) is 9.12. The van der Waals surface area contributed by atoms with Crippen LogP contribution in [0.1, 0.15) is 45.6 Å². The summed E-state index contributed by atoms with van der Waals surface area (Å²) in [5.41, 5.74) is 4.47. The third-order valence-electron chi connectivity index (χ3n) is 4.91. The van der Waals surface area contributed by atoms with E-state index in [9.17, 15) is 14.4 Å². The number of benzene rings is 1. The third-order valence-corrected chi connectivity index (χ3v) is 4.91. The smallest absolute Gasteiger partial charge is 0.410 e. The van der Waals surface area contributed by atoms with E-state index in [1.54, 1.807) is 25.7 Å². The number of carbonyl (C=O) groups is 3. The molecule has 2 rings (SSSR count). The molecule has 1 fully saturated rings. The number of carbonyl (C=O) groups excluding carboxylic acids is 3. The summed E-state index contributed by atoms with van der Waals surface area (Å²) in [6.07, 6.45) is 1.05. The number of hydrogen-bond acceptors (Lipinski definition) is 7. The number of amides is 1. The van der Waals surface area contributed by atoms with E-state index >= 15 is 0 Å². The Hall–Kier alpha value is -2.61. The highest BCUT2D eigenvalue weighted by atomic mass is 16.6. The van der Waals surface area contributed by atoms with E-state index in [1.165, 1.54) is 7.11 Å². The van der Waals surface area contributed by atoms with E-state index in [4.69, 9.17) is 19.9 Å². The number of hydrogen-bond donors (Lipinski definition) is 1. The lowest BCUT2D eigenvalue weighted by molar-refractivity contribution is -0.165. The molecule has 0 saturated carbocycles. The lowest BCUT2D eigenvalue weighted by atomic mass is 9.83. The molecule has 1 aliphatic heterocycles. The van der Waals surface area contributed by atoms with Gasteiger partial charge >= 0.3 is 18.0 Å². The van der Waals surface area contributed by atoms with Crippen molar-refractivity contribution in [2.24, 2.45) is 11.7 Å². The van der Waals surface area contributed by atoms with Crippen molar-refractivity contribution >= 4 is 18.0 Å². The summed E-state index contributed by atoms with van der Waals surface area (Å²) in [7, 11) is 1.18. The molecule has 30 heavy (non-hydrogen) atoms. The Morgan fingerprint density at radius 3 is 2.40 bits per heavy atom.